The van der Waals surface area contributed by atoms with E-state index in [1.165, 1.54) is 39.7 Å². The summed E-state index contributed by atoms with van der Waals surface area (Å²) >= 11 is 3.40. The molecule has 0 aliphatic heterocycles. The summed E-state index contributed by atoms with van der Waals surface area (Å²) in [4.78, 5) is 38.9. The van der Waals surface area contributed by atoms with Crippen molar-refractivity contribution in [2.24, 2.45) is 5.10 Å². The zero-order chi connectivity index (χ0) is 30.9. The first-order valence-electron chi connectivity index (χ1n) is 12.9. The fourth-order valence-electron chi connectivity index (χ4n) is 3.98. The summed E-state index contributed by atoms with van der Waals surface area (Å²) in [6.07, 6.45) is 1.36. The molecule has 0 aliphatic carbocycles. The number of para-hydroxylation sites is 1. The summed E-state index contributed by atoms with van der Waals surface area (Å²) < 4.78 is 22.3. The van der Waals surface area contributed by atoms with Crippen LogP contribution < -0.4 is 29.7 Å². The van der Waals surface area contributed by atoms with Gasteiger partial charge in [-0.15, -0.1) is 0 Å². The number of benzene rings is 4. The van der Waals surface area contributed by atoms with E-state index in [-0.39, 0.29) is 22.6 Å². The molecule has 0 saturated carbocycles. The Kier molecular flexibility index (Phi) is 10.1. The highest BCUT2D eigenvalue weighted by Gasteiger charge is 2.19. The number of aryl methyl sites for hydroxylation is 1. The number of anilines is 1. The number of carbonyl (C=O) groups excluding carboxylic acids is 3. The second kappa shape index (κ2) is 14.1. The minimum atomic E-state index is -0.578. The fourth-order valence-corrected chi connectivity index (χ4v) is 4.36. The van der Waals surface area contributed by atoms with Crippen LogP contribution in [0.15, 0.2) is 88.4 Å². The van der Waals surface area contributed by atoms with E-state index in [1.54, 1.807) is 54.6 Å². The molecule has 2 N–H and O–H groups in total. The zero-order valence-electron chi connectivity index (χ0n) is 23.8. The first-order chi connectivity index (χ1) is 20.7. The molecule has 0 heterocycles. The number of hydrazone groups is 1. The third-order valence-corrected chi connectivity index (χ3v) is 6.67. The van der Waals surface area contributed by atoms with Gasteiger partial charge in [0.15, 0.2) is 11.5 Å². The molecule has 4 aromatic rings. The summed E-state index contributed by atoms with van der Waals surface area (Å²) in [5.74, 6) is -0.393. The van der Waals surface area contributed by atoms with Crippen LogP contribution in [0.1, 0.15) is 42.2 Å². The van der Waals surface area contributed by atoms with Crippen LogP contribution in [0.3, 0.4) is 0 Å². The lowest BCUT2D eigenvalue weighted by atomic mass is 10.1. The van der Waals surface area contributed by atoms with Crippen molar-refractivity contribution in [3.63, 3.8) is 0 Å². The molecule has 0 aromatic heterocycles. The SMILES string of the molecule is COc1cc(C(=O)Nc2ccccc2C(=O)N/N=C\c2cc(Br)ccc2OC(=O)c2ccc(C)cc2)cc(OC)c1OC. The number of hydrogen-bond donors (Lipinski definition) is 2. The molecule has 0 radical (unpaired) electrons. The number of halogens is 1. The number of rotatable bonds is 10. The molecule has 0 atom stereocenters. The van der Waals surface area contributed by atoms with Crippen molar-refractivity contribution < 1.29 is 33.3 Å². The largest absolute Gasteiger partial charge is 0.493 e. The molecular weight excluding hydrogens is 618 g/mol. The maximum atomic E-state index is 13.1. The molecule has 0 bridgehead atoms. The first kappa shape index (κ1) is 30.8. The summed E-state index contributed by atoms with van der Waals surface area (Å²) in [7, 11) is 4.36. The number of nitrogens with one attached hydrogen (secondary N) is 2. The van der Waals surface area contributed by atoms with Gasteiger partial charge in [0, 0.05) is 15.6 Å². The van der Waals surface area contributed by atoms with Gasteiger partial charge in [-0.3, -0.25) is 9.59 Å². The van der Waals surface area contributed by atoms with Crippen LogP contribution >= 0.6 is 15.9 Å². The Morgan fingerprint density at radius 2 is 1.44 bits per heavy atom. The predicted octanol–water partition coefficient (Wildman–Crippen LogP) is 6.02. The van der Waals surface area contributed by atoms with E-state index in [1.807, 2.05) is 19.1 Å². The van der Waals surface area contributed by atoms with Gasteiger partial charge in [0.2, 0.25) is 5.75 Å². The Hall–Kier alpha value is -5.16. The van der Waals surface area contributed by atoms with Crippen molar-refractivity contribution in [2.45, 2.75) is 6.92 Å². The quantitative estimate of drug-likeness (QED) is 0.0935. The van der Waals surface area contributed by atoms with Gasteiger partial charge in [0.25, 0.3) is 11.8 Å². The molecule has 0 fully saturated rings. The van der Waals surface area contributed by atoms with Crippen molar-refractivity contribution in [3.05, 3.63) is 111 Å². The van der Waals surface area contributed by atoms with Gasteiger partial charge in [0.05, 0.1) is 44.4 Å². The summed E-state index contributed by atoms with van der Waals surface area (Å²) in [5.41, 5.74) is 4.97. The highest BCUT2D eigenvalue weighted by atomic mass is 79.9. The zero-order valence-corrected chi connectivity index (χ0v) is 25.4. The topological polar surface area (TPSA) is 125 Å². The van der Waals surface area contributed by atoms with Gasteiger partial charge >= 0.3 is 5.97 Å². The van der Waals surface area contributed by atoms with Crippen molar-refractivity contribution in [1.82, 2.24) is 5.43 Å². The predicted molar refractivity (Wildman–Crippen MR) is 166 cm³/mol. The molecule has 4 aromatic carbocycles. The van der Waals surface area contributed by atoms with E-state index in [0.717, 1.165) is 10.0 Å². The maximum absolute atomic E-state index is 13.1. The minimum Gasteiger partial charge on any atom is -0.493 e. The van der Waals surface area contributed by atoms with Gasteiger partial charge < -0.3 is 24.3 Å². The van der Waals surface area contributed by atoms with Crippen LogP contribution in [0.2, 0.25) is 0 Å². The van der Waals surface area contributed by atoms with E-state index in [0.29, 0.717) is 28.4 Å². The Labute approximate surface area is 256 Å². The van der Waals surface area contributed by atoms with Crippen LogP contribution in [0.25, 0.3) is 0 Å². The van der Waals surface area contributed by atoms with Crippen LogP contribution in [0.5, 0.6) is 23.0 Å². The summed E-state index contributed by atoms with van der Waals surface area (Å²) in [6.45, 7) is 1.93. The van der Waals surface area contributed by atoms with Crippen LogP contribution in [0, 0.1) is 6.92 Å². The molecule has 0 unspecified atom stereocenters. The van der Waals surface area contributed by atoms with Gasteiger partial charge in [-0.25, -0.2) is 10.2 Å². The third-order valence-electron chi connectivity index (χ3n) is 6.18. The van der Waals surface area contributed by atoms with Gasteiger partial charge in [-0.2, -0.15) is 5.10 Å². The number of esters is 1. The average Bonchev–Trinajstić information content (AvgIpc) is 3.01. The van der Waals surface area contributed by atoms with Gasteiger partial charge in [0.1, 0.15) is 5.75 Å². The lowest BCUT2D eigenvalue weighted by molar-refractivity contribution is 0.0733. The molecular formula is C32H28BrN3O7. The third kappa shape index (κ3) is 7.57. The van der Waals surface area contributed by atoms with Crippen molar-refractivity contribution in [1.29, 1.82) is 0 Å². The number of amides is 2. The smallest absolute Gasteiger partial charge is 0.343 e. The number of ether oxygens (including phenoxy) is 4. The van der Waals surface area contributed by atoms with E-state index < -0.39 is 17.8 Å². The molecule has 220 valence electrons. The summed E-state index contributed by atoms with van der Waals surface area (Å²) in [6, 6.07) is 21.5. The average molecular weight is 646 g/mol. The molecule has 0 saturated heterocycles. The van der Waals surface area contributed by atoms with Crippen molar-refractivity contribution in [3.8, 4) is 23.0 Å². The number of carbonyl (C=O) groups is 3. The Morgan fingerprint density at radius 3 is 2.09 bits per heavy atom. The first-order valence-corrected chi connectivity index (χ1v) is 13.7. The van der Waals surface area contributed by atoms with Crippen LogP contribution in [-0.2, 0) is 0 Å². The van der Waals surface area contributed by atoms with E-state index >= 15 is 0 Å². The second-order valence-corrected chi connectivity index (χ2v) is 9.97. The number of hydrogen-bond acceptors (Lipinski definition) is 8. The monoisotopic (exact) mass is 645 g/mol. The van der Waals surface area contributed by atoms with Crippen LogP contribution in [-0.4, -0.2) is 45.3 Å². The van der Waals surface area contributed by atoms with Crippen molar-refractivity contribution in [2.75, 3.05) is 26.6 Å². The molecule has 10 nitrogen and oxygen atoms in total. The number of methoxy groups -OCH3 is 3. The van der Waals surface area contributed by atoms with E-state index in [4.69, 9.17) is 18.9 Å². The van der Waals surface area contributed by atoms with Crippen molar-refractivity contribution >= 4 is 45.6 Å². The Bertz CT molecular complexity index is 1660. The van der Waals surface area contributed by atoms with E-state index in [9.17, 15) is 14.4 Å². The summed E-state index contributed by atoms with van der Waals surface area (Å²) in [5, 5.41) is 6.80. The molecule has 0 spiro atoms. The molecule has 43 heavy (non-hydrogen) atoms. The minimum absolute atomic E-state index is 0.167. The number of nitrogens with zero attached hydrogens (tertiary/aromatic N) is 1. The molecule has 0 aliphatic rings. The highest BCUT2D eigenvalue weighted by molar-refractivity contribution is 9.10. The Balaban J connectivity index is 1.50. The second-order valence-electron chi connectivity index (χ2n) is 9.05. The normalized spacial score (nSPS) is 10.6. The standard InChI is InChI=1S/C32H28BrN3O7/c1-19-9-11-20(12-10-19)32(39)43-26-14-13-23(33)15-22(26)18-34-36-31(38)24-7-5-6-8-25(24)35-30(37)21-16-27(40-2)29(42-4)28(17-21)41-3/h5-18H,1-4H3,(H,35,37)(H,36,38)/b34-18-. The Morgan fingerprint density at radius 1 is 0.767 bits per heavy atom. The van der Waals surface area contributed by atoms with Crippen LogP contribution in [0.4, 0.5) is 5.69 Å². The molecule has 11 heteroatoms. The maximum Gasteiger partial charge on any atom is 0.343 e. The lowest BCUT2D eigenvalue weighted by Gasteiger charge is -2.15. The molecule has 4 rings (SSSR count). The molecule has 2 amide bonds. The highest BCUT2D eigenvalue weighted by Crippen LogP contribution is 2.38. The van der Waals surface area contributed by atoms with Gasteiger partial charge in [-0.05, 0) is 61.5 Å². The van der Waals surface area contributed by atoms with Gasteiger partial charge in [-0.1, -0.05) is 45.8 Å². The van der Waals surface area contributed by atoms with E-state index in [2.05, 4.69) is 31.8 Å². The lowest BCUT2D eigenvalue weighted by Crippen LogP contribution is -2.21. The fraction of sp³-hybridized carbons (Fsp3) is 0.125.